The number of nitrogens with zero attached hydrogens (tertiary/aromatic N) is 3. The van der Waals surface area contributed by atoms with Crippen LogP contribution in [0.5, 0.6) is 0 Å². The van der Waals surface area contributed by atoms with Crippen LogP contribution in [-0.4, -0.2) is 27.5 Å². The summed E-state index contributed by atoms with van der Waals surface area (Å²) in [6, 6.07) is 0.118. The third-order valence-electron chi connectivity index (χ3n) is 4.48. The van der Waals surface area contributed by atoms with Crippen LogP contribution in [0.15, 0.2) is 0 Å². The Hall–Kier alpha value is -1.11. The van der Waals surface area contributed by atoms with Gasteiger partial charge >= 0.3 is 6.18 Å². The SMILES string of the molecule is CC1NCCn2c(C3CCCC(C(F)(F)F)C3)nnc21. The minimum atomic E-state index is -4.09. The van der Waals surface area contributed by atoms with Crippen molar-refractivity contribution >= 4 is 0 Å². The van der Waals surface area contributed by atoms with Gasteiger partial charge in [0, 0.05) is 19.0 Å². The van der Waals surface area contributed by atoms with E-state index in [1.165, 1.54) is 0 Å². The van der Waals surface area contributed by atoms with E-state index in [2.05, 4.69) is 15.5 Å². The van der Waals surface area contributed by atoms with Gasteiger partial charge in [-0.3, -0.25) is 0 Å². The number of alkyl halides is 3. The normalized spacial score (nSPS) is 31.1. The van der Waals surface area contributed by atoms with Crippen LogP contribution in [0.25, 0.3) is 0 Å². The fourth-order valence-corrected chi connectivity index (χ4v) is 3.39. The highest BCUT2D eigenvalue weighted by Crippen LogP contribution is 2.43. The Bertz CT molecular complexity index is 482. The molecule has 1 aliphatic carbocycles. The Kier molecular flexibility index (Phi) is 3.48. The smallest absolute Gasteiger partial charge is 0.312 e. The van der Waals surface area contributed by atoms with Gasteiger partial charge in [-0.1, -0.05) is 6.42 Å². The average molecular weight is 288 g/mol. The molecule has 0 bridgehead atoms. The van der Waals surface area contributed by atoms with E-state index in [9.17, 15) is 13.2 Å². The number of fused-ring (bicyclic) bond motifs is 1. The summed E-state index contributed by atoms with van der Waals surface area (Å²) in [4.78, 5) is 0. The van der Waals surface area contributed by atoms with E-state index in [4.69, 9.17) is 0 Å². The maximum atomic E-state index is 12.9. The topological polar surface area (TPSA) is 42.7 Å². The molecule has 0 aromatic carbocycles. The van der Waals surface area contributed by atoms with E-state index in [0.717, 1.165) is 31.2 Å². The molecule has 1 aromatic heterocycles. The van der Waals surface area contributed by atoms with Gasteiger partial charge in [0.05, 0.1) is 12.0 Å². The highest BCUT2D eigenvalue weighted by atomic mass is 19.4. The lowest BCUT2D eigenvalue weighted by Gasteiger charge is -2.31. The molecule has 1 aromatic rings. The van der Waals surface area contributed by atoms with Crippen molar-refractivity contribution < 1.29 is 13.2 Å². The number of rotatable bonds is 1. The van der Waals surface area contributed by atoms with Gasteiger partial charge in [0.25, 0.3) is 0 Å². The van der Waals surface area contributed by atoms with Crippen molar-refractivity contribution in [3.8, 4) is 0 Å². The second-order valence-corrected chi connectivity index (χ2v) is 5.85. The van der Waals surface area contributed by atoms with Crippen molar-refractivity contribution in [1.82, 2.24) is 20.1 Å². The first-order chi connectivity index (χ1) is 9.47. The Balaban J connectivity index is 1.83. The van der Waals surface area contributed by atoms with Gasteiger partial charge in [0.2, 0.25) is 0 Å². The molecule has 3 unspecified atom stereocenters. The fraction of sp³-hybridized carbons (Fsp3) is 0.846. The summed E-state index contributed by atoms with van der Waals surface area (Å²) in [5, 5.41) is 11.6. The first-order valence-corrected chi connectivity index (χ1v) is 7.20. The molecule has 2 aliphatic rings. The molecule has 7 heteroatoms. The molecule has 0 spiro atoms. The minimum absolute atomic E-state index is 0.109. The zero-order valence-corrected chi connectivity index (χ0v) is 11.5. The molecule has 0 amide bonds. The third-order valence-corrected chi connectivity index (χ3v) is 4.48. The highest BCUT2D eigenvalue weighted by molar-refractivity contribution is 5.08. The molecule has 112 valence electrons. The third kappa shape index (κ3) is 2.43. The van der Waals surface area contributed by atoms with E-state index in [1.807, 2.05) is 11.5 Å². The molecule has 4 nitrogen and oxygen atoms in total. The molecule has 3 rings (SSSR count). The molecule has 1 N–H and O–H groups in total. The van der Waals surface area contributed by atoms with Crippen LogP contribution in [-0.2, 0) is 6.54 Å². The monoisotopic (exact) mass is 288 g/mol. The lowest BCUT2D eigenvalue weighted by atomic mass is 9.80. The Morgan fingerprint density at radius 2 is 1.95 bits per heavy atom. The van der Waals surface area contributed by atoms with Crippen LogP contribution in [0.2, 0.25) is 0 Å². The lowest BCUT2D eigenvalue weighted by Crippen LogP contribution is -2.34. The maximum Gasteiger partial charge on any atom is 0.391 e. The molecule has 0 saturated heterocycles. The second kappa shape index (κ2) is 5.02. The van der Waals surface area contributed by atoms with Gasteiger partial charge in [-0.15, -0.1) is 10.2 Å². The van der Waals surface area contributed by atoms with Crippen molar-refractivity contribution in [2.45, 2.75) is 57.3 Å². The summed E-state index contributed by atoms with van der Waals surface area (Å²) < 4.78 is 40.7. The second-order valence-electron chi connectivity index (χ2n) is 5.85. The van der Waals surface area contributed by atoms with Crippen molar-refractivity contribution in [3.05, 3.63) is 11.6 Å². The van der Waals surface area contributed by atoms with Crippen LogP contribution in [0.4, 0.5) is 13.2 Å². The van der Waals surface area contributed by atoms with E-state index < -0.39 is 12.1 Å². The van der Waals surface area contributed by atoms with Crippen LogP contribution in [0, 0.1) is 5.92 Å². The number of halogens is 3. The summed E-state index contributed by atoms with van der Waals surface area (Å²) in [5.74, 6) is 0.304. The number of nitrogens with one attached hydrogen (secondary N) is 1. The molecule has 1 saturated carbocycles. The summed E-state index contributed by atoms with van der Waals surface area (Å²) in [5.41, 5.74) is 0. The predicted octanol–water partition coefficient (Wildman–Crippen LogP) is 2.78. The Morgan fingerprint density at radius 1 is 1.20 bits per heavy atom. The predicted molar refractivity (Wildman–Crippen MR) is 67.2 cm³/mol. The molecular weight excluding hydrogens is 269 g/mol. The summed E-state index contributed by atoms with van der Waals surface area (Å²) in [6.45, 7) is 3.56. The number of aromatic nitrogens is 3. The minimum Gasteiger partial charge on any atom is -0.312 e. The summed E-state index contributed by atoms with van der Waals surface area (Å²) in [6.07, 6.45) is -2.28. The Morgan fingerprint density at radius 3 is 2.70 bits per heavy atom. The van der Waals surface area contributed by atoms with Crippen LogP contribution >= 0.6 is 0 Å². The standard InChI is InChI=1S/C13H19F3N4/c1-8-11-18-19-12(20(11)6-5-17-8)9-3-2-4-10(7-9)13(14,15)16/h8-10,17H,2-7H2,1H3. The van der Waals surface area contributed by atoms with Gasteiger partial charge in [0.15, 0.2) is 0 Å². The zero-order valence-electron chi connectivity index (χ0n) is 11.5. The highest BCUT2D eigenvalue weighted by Gasteiger charge is 2.43. The van der Waals surface area contributed by atoms with Crippen molar-refractivity contribution in [3.63, 3.8) is 0 Å². The number of hydrogen-bond acceptors (Lipinski definition) is 3. The first kappa shape index (κ1) is 13.9. The summed E-state index contributed by atoms with van der Waals surface area (Å²) in [7, 11) is 0. The lowest BCUT2D eigenvalue weighted by molar-refractivity contribution is -0.183. The molecule has 1 fully saturated rings. The average Bonchev–Trinajstić information content (AvgIpc) is 2.83. The van der Waals surface area contributed by atoms with E-state index >= 15 is 0 Å². The van der Waals surface area contributed by atoms with Crippen LogP contribution < -0.4 is 5.32 Å². The largest absolute Gasteiger partial charge is 0.391 e. The van der Waals surface area contributed by atoms with Crippen molar-refractivity contribution in [2.75, 3.05) is 6.54 Å². The maximum absolute atomic E-state index is 12.9. The van der Waals surface area contributed by atoms with Gasteiger partial charge in [-0.05, 0) is 26.2 Å². The fourth-order valence-electron chi connectivity index (χ4n) is 3.39. The van der Waals surface area contributed by atoms with Gasteiger partial charge in [0.1, 0.15) is 11.6 Å². The molecule has 1 aliphatic heterocycles. The molecule has 0 radical (unpaired) electrons. The van der Waals surface area contributed by atoms with Gasteiger partial charge in [-0.25, -0.2) is 0 Å². The molecular formula is C13H19F3N4. The van der Waals surface area contributed by atoms with E-state index in [-0.39, 0.29) is 24.8 Å². The van der Waals surface area contributed by atoms with Gasteiger partial charge in [-0.2, -0.15) is 13.2 Å². The van der Waals surface area contributed by atoms with Crippen molar-refractivity contribution in [2.24, 2.45) is 5.92 Å². The van der Waals surface area contributed by atoms with Gasteiger partial charge < -0.3 is 9.88 Å². The quantitative estimate of drug-likeness (QED) is 0.864. The summed E-state index contributed by atoms with van der Waals surface area (Å²) >= 11 is 0. The van der Waals surface area contributed by atoms with E-state index in [1.54, 1.807) is 0 Å². The number of hydrogen-bond donors (Lipinski definition) is 1. The first-order valence-electron chi connectivity index (χ1n) is 7.20. The molecule has 20 heavy (non-hydrogen) atoms. The van der Waals surface area contributed by atoms with Crippen LogP contribution in [0.3, 0.4) is 0 Å². The Labute approximate surface area is 115 Å². The molecule has 2 heterocycles. The molecule has 3 atom stereocenters. The van der Waals surface area contributed by atoms with Crippen LogP contribution in [0.1, 0.15) is 56.2 Å². The zero-order chi connectivity index (χ0) is 14.3. The van der Waals surface area contributed by atoms with E-state index in [0.29, 0.717) is 6.42 Å². The van der Waals surface area contributed by atoms with Crippen molar-refractivity contribution in [1.29, 1.82) is 0 Å².